The van der Waals surface area contributed by atoms with Crippen LogP contribution in [0.4, 0.5) is 4.39 Å². The highest BCUT2D eigenvalue weighted by Gasteiger charge is 2.29. The van der Waals surface area contributed by atoms with Crippen LogP contribution in [0.3, 0.4) is 0 Å². The standard InChI is InChI=1S/C13H17BrFNO/c1-13(2,16(3)4)12(17)7-9-5-6-10(14)8-11(9)15/h5-6,8H,7H2,1-4H3. The van der Waals surface area contributed by atoms with Gasteiger partial charge in [-0.2, -0.15) is 0 Å². The number of halogens is 2. The van der Waals surface area contributed by atoms with Gasteiger partial charge in [0.25, 0.3) is 0 Å². The topological polar surface area (TPSA) is 20.3 Å². The first kappa shape index (κ1) is 14.3. The number of carbonyl (C=O) groups is 1. The highest BCUT2D eigenvalue weighted by atomic mass is 79.9. The number of likely N-dealkylation sites (N-methyl/N-ethyl adjacent to an activating group) is 1. The molecular formula is C13H17BrFNO. The van der Waals surface area contributed by atoms with Crippen LogP contribution in [0.1, 0.15) is 19.4 Å². The number of hydrogen-bond acceptors (Lipinski definition) is 2. The quantitative estimate of drug-likeness (QED) is 0.852. The largest absolute Gasteiger partial charge is 0.298 e. The number of benzene rings is 1. The third-order valence-corrected chi connectivity index (χ3v) is 3.66. The molecule has 0 saturated carbocycles. The highest BCUT2D eigenvalue weighted by molar-refractivity contribution is 9.10. The van der Waals surface area contributed by atoms with Crippen molar-refractivity contribution in [2.45, 2.75) is 25.8 Å². The minimum absolute atomic E-state index is 0.00345. The molecule has 4 heteroatoms. The van der Waals surface area contributed by atoms with Crippen molar-refractivity contribution in [2.75, 3.05) is 14.1 Å². The van der Waals surface area contributed by atoms with Gasteiger partial charge in [-0.1, -0.05) is 22.0 Å². The van der Waals surface area contributed by atoms with Crippen LogP contribution in [0.2, 0.25) is 0 Å². The van der Waals surface area contributed by atoms with E-state index in [4.69, 9.17) is 0 Å². The van der Waals surface area contributed by atoms with Crippen LogP contribution in [0.15, 0.2) is 22.7 Å². The number of rotatable bonds is 4. The monoisotopic (exact) mass is 301 g/mol. The minimum atomic E-state index is -0.584. The summed E-state index contributed by atoms with van der Waals surface area (Å²) in [5.74, 6) is -0.342. The molecule has 1 aromatic rings. The van der Waals surface area contributed by atoms with Gasteiger partial charge in [-0.15, -0.1) is 0 Å². The predicted octanol–water partition coefficient (Wildman–Crippen LogP) is 3.04. The van der Waals surface area contributed by atoms with E-state index in [0.29, 0.717) is 10.0 Å². The van der Waals surface area contributed by atoms with Gasteiger partial charge in [0.05, 0.1) is 5.54 Å². The summed E-state index contributed by atoms with van der Waals surface area (Å²) in [5.41, 5.74) is -0.146. The van der Waals surface area contributed by atoms with Crippen LogP contribution < -0.4 is 0 Å². The van der Waals surface area contributed by atoms with Crippen LogP contribution in [0.25, 0.3) is 0 Å². The summed E-state index contributed by atoms with van der Waals surface area (Å²) in [4.78, 5) is 13.9. The fourth-order valence-electron chi connectivity index (χ4n) is 1.30. The Kier molecular flexibility index (Phi) is 4.44. The Morgan fingerprint density at radius 2 is 2.00 bits per heavy atom. The Morgan fingerprint density at radius 3 is 2.47 bits per heavy atom. The summed E-state index contributed by atoms with van der Waals surface area (Å²) in [6.07, 6.45) is 0.115. The van der Waals surface area contributed by atoms with Crippen molar-refractivity contribution in [2.24, 2.45) is 0 Å². The molecule has 0 fully saturated rings. The van der Waals surface area contributed by atoms with E-state index in [1.54, 1.807) is 12.1 Å². The first-order chi connectivity index (χ1) is 7.75. The summed E-state index contributed by atoms with van der Waals surface area (Å²) in [5, 5.41) is 0. The lowest BCUT2D eigenvalue weighted by Gasteiger charge is -2.31. The summed E-state index contributed by atoms with van der Waals surface area (Å²) in [7, 11) is 3.69. The van der Waals surface area contributed by atoms with Crippen LogP contribution in [0.5, 0.6) is 0 Å². The van der Waals surface area contributed by atoms with E-state index in [1.165, 1.54) is 6.07 Å². The smallest absolute Gasteiger partial charge is 0.156 e. The Balaban J connectivity index is 2.89. The molecule has 0 saturated heterocycles. The molecule has 17 heavy (non-hydrogen) atoms. The Morgan fingerprint density at radius 1 is 1.41 bits per heavy atom. The summed E-state index contributed by atoms with van der Waals surface area (Å²) >= 11 is 3.19. The van der Waals surface area contributed by atoms with Gasteiger partial charge in [0.2, 0.25) is 0 Å². The van der Waals surface area contributed by atoms with E-state index in [2.05, 4.69) is 15.9 Å². The zero-order valence-electron chi connectivity index (χ0n) is 10.6. The van der Waals surface area contributed by atoms with E-state index < -0.39 is 5.54 Å². The van der Waals surface area contributed by atoms with Crippen LogP contribution in [-0.4, -0.2) is 30.3 Å². The van der Waals surface area contributed by atoms with Crippen molar-refractivity contribution in [3.8, 4) is 0 Å². The summed E-state index contributed by atoms with van der Waals surface area (Å²) < 4.78 is 14.3. The fraction of sp³-hybridized carbons (Fsp3) is 0.462. The third-order valence-electron chi connectivity index (χ3n) is 3.17. The fourth-order valence-corrected chi connectivity index (χ4v) is 1.64. The van der Waals surface area contributed by atoms with Gasteiger partial charge in [-0.05, 0) is 45.6 Å². The van der Waals surface area contributed by atoms with Crippen molar-refractivity contribution in [1.29, 1.82) is 0 Å². The molecule has 2 nitrogen and oxygen atoms in total. The molecule has 0 aromatic heterocycles. The van der Waals surface area contributed by atoms with Gasteiger partial charge < -0.3 is 0 Å². The Bertz CT molecular complexity index is 429. The SMILES string of the molecule is CN(C)C(C)(C)C(=O)Cc1ccc(Br)cc1F. The van der Waals surface area contributed by atoms with Crippen molar-refractivity contribution in [3.05, 3.63) is 34.1 Å². The molecular weight excluding hydrogens is 285 g/mol. The molecule has 94 valence electrons. The van der Waals surface area contributed by atoms with Gasteiger partial charge >= 0.3 is 0 Å². The van der Waals surface area contributed by atoms with Crippen LogP contribution in [-0.2, 0) is 11.2 Å². The molecule has 0 heterocycles. The van der Waals surface area contributed by atoms with Gasteiger partial charge in [0, 0.05) is 10.9 Å². The minimum Gasteiger partial charge on any atom is -0.298 e. The third kappa shape index (κ3) is 3.36. The second-order valence-corrected chi connectivity index (χ2v) is 5.70. The molecule has 0 N–H and O–H groups in total. The highest BCUT2D eigenvalue weighted by Crippen LogP contribution is 2.19. The van der Waals surface area contributed by atoms with Crippen molar-refractivity contribution in [3.63, 3.8) is 0 Å². The van der Waals surface area contributed by atoms with Gasteiger partial charge in [-0.25, -0.2) is 4.39 Å². The van der Waals surface area contributed by atoms with Gasteiger partial charge in [0.1, 0.15) is 5.82 Å². The van der Waals surface area contributed by atoms with Gasteiger partial charge in [0.15, 0.2) is 5.78 Å². The Labute approximate surface area is 110 Å². The molecule has 1 aromatic carbocycles. The summed E-state index contributed by atoms with van der Waals surface area (Å²) in [6.45, 7) is 3.68. The van der Waals surface area contributed by atoms with Crippen molar-refractivity contribution in [1.82, 2.24) is 4.90 Å². The molecule has 0 radical (unpaired) electrons. The average molecular weight is 302 g/mol. The second kappa shape index (κ2) is 5.27. The molecule has 0 bridgehead atoms. The second-order valence-electron chi connectivity index (χ2n) is 4.79. The maximum absolute atomic E-state index is 13.6. The number of Topliss-reactive ketones (excluding diaryl/α,β-unsaturated/α-hetero) is 1. The first-order valence-corrected chi connectivity index (χ1v) is 6.19. The van der Waals surface area contributed by atoms with E-state index in [-0.39, 0.29) is 18.0 Å². The van der Waals surface area contributed by atoms with Crippen LogP contribution >= 0.6 is 15.9 Å². The average Bonchev–Trinajstić information content (AvgIpc) is 2.21. The number of nitrogens with zero attached hydrogens (tertiary/aromatic N) is 1. The number of ketones is 1. The predicted molar refractivity (Wildman–Crippen MR) is 70.6 cm³/mol. The van der Waals surface area contributed by atoms with Crippen molar-refractivity contribution < 1.29 is 9.18 Å². The molecule has 1 rings (SSSR count). The van der Waals surface area contributed by atoms with Crippen LogP contribution in [0, 0.1) is 5.82 Å². The number of hydrogen-bond donors (Lipinski definition) is 0. The van der Waals surface area contributed by atoms with Crippen molar-refractivity contribution >= 4 is 21.7 Å². The molecule has 0 amide bonds. The zero-order valence-corrected chi connectivity index (χ0v) is 12.1. The Hall–Kier alpha value is -0.740. The first-order valence-electron chi connectivity index (χ1n) is 5.40. The van der Waals surface area contributed by atoms with E-state index in [0.717, 1.165) is 0 Å². The van der Waals surface area contributed by atoms with E-state index in [9.17, 15) is 9.18 Å². The molecule has 0 unspecified atom stereocenters. The van der Waals surface area contributed by atoms with E-state index >= 15 is 0 Å². The van der Waals surface area contributed by atoms with E-state index in [1.807, 2.05) is 32.8 Å². The summed E-state index contributed by atoms with van der Waals surface area (Å²) in [6, 6.07) is 4.77. The number of carbonyl (C=O) groups excluding carboxylic acids is 1. The normalized spacial score (nSPS) is 11.9. The molecule has 0 spiro atoms. The maximum atomic E-state index is 13.6. The lowest BCUT2D eigenvalue weighted by atomic mass is 9.92. The van der Waals surface area contributed by atoms with Gasteiger partial charge in [-0.3, -0.25) is 9.69 Å². The molecule has 0 atom stereocenters. The maximum Gasteiger partial charge on any atom is 0.156 e. The molecule has 0 aliphatic heterocycles. The lowest BCUT2D eigenvalue weighted by molar-refractivity contribution is -0.127. The molecule has 0 aliphatic carbocycles. The molecule has 0 aliphatic rings. The lowest BCUT2D eigenvalue weighted by Crippen LogP contribution is -2.46. The zero-order chi connectivity index (χ0) is 13.2.